The quantitative estimate of drug-likeness (QED) is 0.634. The molecule has 0 amide bonds. The average Bonchev–Trinajstić information content (AvgIpc) is 2.43. The van der Waals surface area contributed by atoms with Crippen molar-refractivity contribution in [3.63, 3.8) is 0 Å². The molecule has 0 aliphatic rings. The summed E-state index contributed by atoms with van der Waals surface area (Å²) in [5.74, 6) is 0.438. The molecule has 19 heavy (non-hydrogen) atoms. The van der Waals surface area contributed by atoms with Gasteiger partial charge in [-0.2, -0.15) is 0 Å². The van der Waals surface area contributed by atoms with Gasteiger partial charge in [0.1, 0.15) is 0 Å². The molecule has 1 N–H and O–H groups in total. The second kappa shape index (κ2) is 7.46. The van der Waals surface area contributed by atoms with E-state index in [-0.39, 0.29) is 11.7 Å². The fourth-order valence-electron chi connectivity index (χ4n) is 1.35. The number of esters is 1. The summed E-state index contributed by atoms with van der Waals surface area (Å²) >= 11 is 0. The lowest BCUT2D eigenvalue weighted by Gasteiger charge is -2.07. The van der Waals surface area contributed by atoms with E-state index in [2.05, 4.69) is 6.92 Å². The van der Waals surface area contributed by atoms with E-state index in [1.165, 1.54) is 19.3 Å². The maximum absolute atomic E-state index is 11.5. The topological polar surface area (TPSA) is 55.8 Å². The largest absolute Gasteiger partial charge is 0.504 e. The van der Waals surface area contributed by atoms with E-state index in [0.717, 1.165) is 12.0 Å². The molecule has 0 saturated heterocycles. The zero-order chi connectivity index (χ0) is 14.3. The van der Waals surface area contributed by atoms with Gasteiger partial charge in [-0.1, -0.05) is 26.3 Å². The van der Waals surface area contributed by atoms with Crippen molar-refractivity contribution >= 4 is 12.0 Å². The van der Waals surface area contributed by atoms with Crippen LogP contribution in [0.25, 0.3) is 6.08 Å². The predicted octanol–water partition coefficient (Wildman–Crippen LogP) is 3.00. The van der Waals surface area contributed by atoms with Gasteiger partial charge in [0.05, 0.1) is 13.7 Å². The number of carbonyl (C=O) groups is 1. The first-order chi connectivity index (χ1) is 9.06. The highest BCUT2D eigenvalue weighted by Gasteiger charge is 2.03. The minimum Gasteiger partial charge on any atom is -0.504 e. The third kappa shape index (κ3) is 5.04. The number of benzene rings is 1. The highest BCUT2D eigenvalue weighted by molar-refractivity contribution is 5.87. The molecule has 0 saturated carbocycles. The maximum Gasteiger partial charge on any atom is 0.330 e. The highest BCUT2D eigenvalue weighted by atomic mass is 16.5. The van der Waals surface area contributed by atoms with Crippen LogP contribution in [0.5, 0.6) is 11.5 Å². The Morgan fingerprint density at radius 3 is 2.84 bits per heavy atom. The molecule has 0 aliphatic carbocycles. The van der Waals surface area contributed by atoms with Crippen molar-refractivity contribution < 1.29 is 19.4 Å². The normalized spacial score (nSPS) is 12.4. The highest BCUT2D eigenvalue weighted by Crippen LogP contribution is 2.26. The molecule has 4 nitrogen and oxygen atoms in total. The van der Waals surface area contributed by atoms with E-state index in [1.807, 2.05) is 6.92 Å². The lowest BCUT2D eigenvalue weighted by atomic mass is 10.1. The van der Waals surface area contributed by atoms with Gasteiger partial charge in [-0.3, -0.25) is 0 Å². The van der Waals surface area contributed by atoms with Gasteiger partial charge in [-0.05, 0) is 29.7 Å². The van der Waals surface area contributed by atoms with E-state index in [1.54, 1.807) is 18.2 Å². The molecule has 1 rings (SSSR count). The molecular formula is C15H20O4. The summed E-state index contributed by atoms with van der Waals surface area (Å²) in [4.78, 5) is 11.5. The van der Waals surface area contributed by atoms with Gasteiger partial charge in [-0.15, -0.1) is 0 Å². The van der Waals surface area contributed by atoms with Gasteiger partial charge < -0.3 is 14.6 Å². The molecule has 0 fully saturated rings. The summed E-state index contributed by atoms with van der Waals surface area (Å²) in [5, 5.41) is 9.44. The Hall–Kier alpha value is -1.97. The van der Waals surface area contributed by atoms with Crippen LogP contribution in [0.15, 0.2) is 24.3 Å². The Morgan fingerprint density at radius 2 is 2.21 bits per heavy atom. The van der Waals surface area contributed by atoms with Crippen LogP contribution in [-0.2, 0) is 9.53 Å². The Labute approximate surface area is 113 Å². The summed E-state index contributed by atoms with van der Waals surface area (Å²) in [5.41, 5.74) is 0.759. The van der Waals surface area contributed by atoms with Gasteiger partial charge in [0.25, 0.3) is 0 Å². The van der Waals surface area contributed by atoms with Crippen molar-refractivity contribution in [1.29, 1.82) is 0 Å². The number of phenols is 1. The number of hydrogen-bond acceptors (Lipinski definition) is 4. The Bertz CT molecular complexity index is 451. The van der Waals surface area contributed by atoms with Crippen LogP contribution in [0.3, 0.4) is 0 Å². The average molecular weight is 264 g/mol. The van der Waals surface area contributed by atoms with Crippen LogP contribution < -0.4 is 4.74 Å². The lowest BCUT2D eigenvalue weighted by Crippen LogP contribution is -2.08. The molecule has 1 atom stereocenters. The number of aromatic hydroxyl groups is 1. The van der Waals surface area contributed by atoms with Crippen molar-refractivity contribution in [1.82, 2.24) is 0 Å². The molecule has 1 aromatic carbocycles. The van der Waals surface area contributed by atoms with Gasteiger partial charge in [0.2, 0.25) is 0 Å². The fraction of sp³-hybridized carbons (Fsp3) is 0.400. The molecule has 0 radical (unpaired) electrons. The molecule has 0 aromatic heterocycles. The number of phenolic OH excluding ortho intramolecular Hbond substituents is 1. The molecule has 0 bridgehead atoms. The van der Waals surface area contributed by atoms with Gasteiger partial charge in [0.15, 0.2) is 11.5 Å². The lowest BCUT2D eigenvalue weighted by molar-refractivity contribution is -0.138. The van der Waals surface area contributed by atoms with Crippen LogP contribution in [0.4, 0.5) is 0 Å². The van der Waals surface area contributed by atoms with Crippen LogP contribution in [-0.4, -0.2) is 24.8 Å². The summed E-state index contributed by atoms with van der Waals surface area (Å²) in [7, 11) is 1.48. The van der Waals surface area contributed by atoms with E-state index in [0.29, 0.717) is 18.3 Å². The maximum atomic E-state index is 11.5. The number of hydrogen-bond donors (Lipinski definition) is 1. The predicted molar refractivity (Wildman–Crippen MR) is 74.1 cm³/mol. The monoisotopic (exact) mass is 264 g/mol. The van der Waals surface area contributed by atoms with Crippen LogP contribution in [0.1, 0.15) is 25.8 Å². The number of ether oxygens (including phenoxy) is 2. The molecule has 1 aromatic rings. The summed E-state index contributed by atoms with van der Waals surface area (Å²) in [6.45, 7) is 4.51. The standard InChI is InChI=1S/C15H20O4/c1-4-11(2)10-19-15(17)8-6-12-5-7-13(16)14(9-12)18-3/h5-9,11,16H,4,10H2,1-3H3/b8-6+. The van der Waals surface area contributed by atoms with Gasteiger partial charge >= 0.3 is 5.97 Å². The van der Waals surface area contributed by atoms with Crippen molar-refractivity contribution in [2.75, 3.05) is 13.7 Å². The van der Waals surface area contributed by atoms with Gasteiger partial charge in [-0.25, -0.2) is 4.79 Å². The smallest absolute Gasteiger partial charge is 0.330 e. The van der Waals surface area contributed by atoms with Crippen molar-refractivity contribution in [2.24, 2.45) is 5.92 Å². The first-order valence-corrected chi connectivity index (χ1v) is 6.28. The zero-order valence-corrected chi connectivity index (χ0v) is 11.6. The molecule has 104 valence electrons. The van der Waals surface area contributed by atoms with Crippen molar-refractivity contribution in [2.45, 2.75) is 20.3 Å². The third-order valence-electron chi connectivity index (χ3n) is 2.82. The van der Waals surface area contributed by atoms with E-state index in [9.17, 15) is 9.90 Å². The molecular weight excluding hydrogens is 244 g/mol. The second-order valence-corrected chi connectivity index (χ2v) is 4.41. The van der Waals surface area contributed by atoms with Crippen LogP contribution in [0, 0.1) is 5.92 Å². The molecule has 1 unspecified atom stereocenters. The summed E-state index contributed by atoms with van der Waals surface area (Å²) in [6.07, 6.45) is 3.97. The zero-order valence-electron chi connectivity index (χ0n) is 11.6. The van der Waals surface area contributed by atoms with Crippen LogP contribution in [0.2, 0.25) is 0 Å². The van der Waals surface area contributed by atoms with E-state index < -0.39 is 0 Å². The number of rotatable bonds is 6. The van der Waals surface area contributed by atoms with Gasteiger partial charge in [0, 0.05) is 6.08 Å². The minimum absolute atomic E-state index is 0.0685. The second-order valence-electron chi connectivity index (χ2n) is 4.41. The summed E-state index contributed by atoms with van der Waals surface area (Å²) in [6, 6.07) is 4.85. The molecule has 0 spiro atoms. The number of methoxy groups -OCH3 is 1. The minimum atomic E-state index is -0.368. The van der Waals surface area contributed by atoms with Crippen molar-refractivity contribution in [3.8, 4) is 11.5 Å². The first-order valence-electron chi connectivity index (χ1n) is 6.28. The van der Waals surface area contributed by atoms with Crippen LogP contribution >= 0.6 is 0 Å². The third-order valence-corrected chi connectivity index (χ3v) is 2.82. The van der Waals surface area contributed by atoms with Crippen molar-refractivity contribution in [3.05, 3.63) is 29.8 Å². The number of carbonyl (C=O) groups excluding carboxylic acids is 1. The first kappa shape index (κ1) is 15.1. The Morgan fingerprint density at radius 1 is 1.47 bits per heavy atom. The Balaban J connectivity index is 2.58. The molecule has 0 aliphatic heterocycles. The summed E-state index contributed by atoms with van der Waals surface area (Å²) < 4.78 is 10.1. The van der Waals surface area contributed by atoms with E-state index >= 15 is 0 Å². The van der Waals surface area contributed by atoms with E-state index in [4.69, 9.17) is 9.47 Å². The SMILES string of the molecule is CCC(C)COC(=O)/C=C/c1ccc(O)c(OC)c1. The molecule has 4 heteroatoms. The fourth-order valence-corrected chi connectivity index (χ4v) is 1.35. The molecule has 0 heterocycles. The Kier molecular flexibility index (Phi) is 5.93.